The third-order valence-corrected chi connectivity index (χ3v) is 7.58. The van der Waals surface area contributed by atoms with Crippen molar-refractivity contribution in [2.45, 2.75) is 59.4 Å². The van der Waals surface area contributed by atoms with E-state index in [2.05, 4.69) is 16.6 Å². The predicted octanol–water partition coefficient (Wildman–Crippen LogP) is 6.77. The molecule has 1 saturated carbocycles. The third-order valence-electron chi connectivity index (χ3n) is 7.58. The summed E-state index contributed by atoms with van der Waals surface area (Å²) >= 11 is 0. The number of fused-ring (bicyclic) bond motifs is 3. The summed E-state index contributed by atoms with van der Waals surface area (Å²) in [4.78, 5) is 43.2. The van der Waals surface area contributed by atoms with E-state index in [1.807, 2.05) is 67.6 Å². The fraction of sp³-hybridized carbons (Fsp3) is 0.312. The summed E-state index contributed by atoms with van der Waals surface area (Å²) in [6.45, 7) is 6.04. The second-order valence-corrected chi connectivity index (χ2v) is 10.2. The van der Waals surface area contributed by atoms with Gasteiger partial charge in [0.05, 0.1) is 0 Å². The molecule has 0 bridgehead atoms. The van der Waals surface area contributed by atoms with Crippen molar-refractivity contribution in [2.24, 2.45) is 11.1 Å². The Bertz CT molecular complexity index is 1590. The normalized spacial score (nSPS) is 14.3. The molecule has 1 aliphatic carbocycles. The summed E-state index contributed by atoms with van der Waals surface area (Å²) in [5.41, 5.74) is 5.01. The molecule has 0 saturated heterocycles. The molecule has 6 nitrogen and oxygen atoms in total. The summed E-state index contributed by atoms with van der Waals surface area (Å²) in [6.07, 6.45) is 4.74. The Morgan fingerprint density at radius 3 is 2.18 bits per heavy atom. The SMILES string of the molecule is CCn1c2ccc(C(=O)c3ccccc3C)cc2c2cc(C(=NOC(C)=O)C(=O)CC3CCCC3)ccc21. The van der Waals surface area contributed by atoms with Crippen LogP contribution in [-0.4, -0.2) is 27.8 Å². The van der Waals surface area contributed by atoms with E-state index >= 15 is 0 Å². The van der Waals surface area contributed by atoms with Gasteiger partial charge in [-0.25, -0.2) is 4.79 Å². The average molecular weight is 509 g/mol. The van der Waals surface area contributed by atoms with E-state index in [4.69, 9.17) is 4.84 Å². The van der Waals surface area contributed by atoms with Crippen LogP contribution in [0.2, 0.25) is 0 Å². The van der Waals surface area contributed by atoms with Crippen molar-refractivity contribution in [1.82, 2.24) is 4.57 Å². The molecular weight excluding hydrogens is 476 g/mol. The van der Waals surface area contributed by atoms with Gasteiger partial charge in [0.15, 0.2) is 17.3 Å². The Morgan fingerprint density at radius 1 is 0.921 bits per heavy atom. The Kier molecular flexibility index (Phi) is 7.23. The second kappa shape index (κ2) is 10.7. The molecule has 5 rings (SSSR count). The van der Waals surface area contributed by atoms with Gasteiger partial charge in [-0.3, -0.25) is 9.59 Å². The van der Waals surface area contributed by atoms with Crippen LogP contribution in [0, 0.1) is 12.8 Å². The number of carbonyl (C=O) groups excluding carboxylic acids is 3. The van der Waals surface area contributed by atoms with Crippen molar-refractivity contribution in [3.8, 4) is 0 Å². The van der Waals surface area contributed by atoms with Crippen LogP contribution in [0.3, 0.4) is 0 Å². The minimum atomic E-state index is -0.570. The molecule has 0 spiro atoms. The quantitative estimate of drug-likeness (QED) is 0.114. The van der Waals surface area contributed by atoms with Crippen molar-refractivity contribution in [2.75, 3.05) is 0 Å². The van der Waals surface area contributed by atoms with Crippen LogP contribution in [0.15, 0.2) is 65.8 Å². The number of nitrogens with zero attached hydrogens (tertiary/aromatic N) is 2. The molecule has 3 aromatic carbocycles. The molecule has 1 fully saturated rings. The number of hydrogen-bond acceptors (Lipinski definition) is 5. The molecule has 0 aliphatic heterocycles. The van der Waals surface area contributed by atoms with Crippen LogP contribution in [0.4, 0.5) is 0 Å². The van der Waals surface area contributed by atoms with Crippen molar-refractivity contribution in [3.05, 3.63) is 82.9 Å². The number of oxime groups is 1. The number of aromatic nitrogens is 1. The van der Waals surface area contributed by atoms with Gasteiger partial charge in [0.1, 0.15) is 0 Å². The molecule has 0 N–H and O–H groups in total. The van der Waals surface area contributed by atoms with Crippen LogP contribution in [0.5, 0.6) is 0 Å². The molecule has 194 valence electrons. The minimum absolute atomic E-state index is 0.0256. The van der Waals surface area contributed by atoms with E-state index in [1.165, 1.54) is 6.92 Å². The van der Waals surface area contributed by atoms with E-state index in [0.29, 0.717) is 29.0 Å². The zero-order valence-electron chi connectivity index (χ0n) is 22.1. The second-order valence-electron chi connectivity index (χ2n) is 10.2. The Balaban J connectivity index is 1.62. The van der Waals surface area contributed by atoms with Crippen LogP contribution in [-0.2, 0) is 21.0 Å². The number of aryl methyl sites for hydroxylation is 2. The summed E-state index contributed by atoms with van der Waals surface area (Å²) < 4.78 is 2.19. The van der Waals surface area contributed by atoms with E-state index in [-0.39, 0.29) is 17.3 Å². The van der Waals surface area contributed by atoms with Gasteiger partial charge in [0.2, 0.25) is 0 Å². The number of benzene rings is 3. The average Bonchev–Trinajstić information content (AvgIpc) is 3.53. The van der Waals surface area contributed by atoms with Gasteiger partial charge in [-0.05, 0) is 55.7 Å². The van der Waals surface area contributed by atoms with E-state index in [0.717, 1.165) is 59.6 Å². The highest BCUT2D eigenvalue weighted by molar-refractivity contribution is 6.46. The summed E-state index contributed by atoms with van der Waals surface area (Å²) in [7, 11) is 0. The largest absolute Gasteiger partial charge is 0.341 e. The zero-order valence-corrected chi connectivity index (χ0v) is 22.1. The lowest BCUT2D eigenvalue weighted by Crippen LogP contribution is -2.19. The van der Waals surface area contributed by atoms with Crippen LogP contribution < -0.4 is 0 Å². The van der Waals surface area contributed by atoms with Crippen molar-refractivity contribution >= 4 is 45.1 Å². The lowest BCUT2D eigenvalue weighted by molar-refractivity contribution is -0.140. The monoisotopic (exact) mass is 508 g/mol. The number of hydrogen-bond donors (Lipinski definition) is 0. The molecule has 1 heterocycles. The first-order valence-electron chi connectivity index (χ1n) is 13.3. The summed E-state index contributed by atoms with van der Waals surface area (Å²) in [6, 6.07) is 19.2. The lowest BCUT2D eigenvalue weighted by Gasteiger charge is -2.10. The molecule has 4 aromatic rings. The molecule has 0 amide bonds. The molecule has 1 aliphatic rings. The Labute approximate surface area is 222 Å². The van der Waals surface area contributed by atoms with Crippen molar-refractivity contribution < 1.29 is 19.2 Å². The maximum Gasteiger partial charge on any atom is 0.332 e. The van der Waals surface area contributed by atoms with Gasteiger partial charge >= 0.3 is 5.97 Å². The summed E-state index contributed by atoms with van der Waals surface area (Å²) in [5, 5.41) is 5.85. The highest BCUT2D eigenvalue weighted by Gasteiger charge is 2.24. The number of carbonyl (C=O) groups is 3. The maximum atomic E-state index is 13.4. The van der Waals surface area contributed by atoms with E-state index < -0.39 is 5.97 Å². The first kappa shape index (κ1) is 25.6. The van der Waals surface area contributed by atoms with Crippen molar-refractivity contribution in [1.29, 1.82) is 0 Å². The van der Waals surface area contributed by atoms with Crippen LogP contribution in [0.1, 0.15) is 73.0 Å². The Morgan fingerprint density at radius 2 is 1.55 bits per heavy atom. The van der Waals surface area contributed by atoms with Crippen LogP contribution >= 0.6 is 0 Å². The third kappa shape index (κ3) is 4.91. The fourth-order valence-electron chi connectivity index (χ4n) is 5.66. The maximum absolute atomic E-state index is 13.4. The van der Waals surface area contributed by atoms with Gasteiger partial charge < -0.3 is 9.40 Å². The number of rotatable bonds is 8. The lowest BCUT2D eigenvalue weighted by atomic mass is 9.94. The molecule has 6 heteroatoms. The smallest absolute Gasteiger partial charge is 0.332 e. The van der Waals surface area contributed by atoms with Crippen molar-refractivity contribution in [3.63, 3.8) is 0 Å². The molecule has 0 unspecified atom stereocenters. The molecule has 0 atom stereocenters. The van der Waals surface area contributed by atoms with Gasteiger partial charge in [-0.2, -0.15) is 0 Å². The molecule has 0 radical (unpaired) electrons. The zero-order chi connectivity index (χ0) is 26.8. The van der Waals surface area contributed by atoms with E-state index in [9.17, 15) is 14.4 Å². The Hall–Kier alpha value is -4.06. The highest BCUT2D eigenvalue weighted by Crippen LogP contribution is 2.33. The number of ketones is 2. The molecule has 38 heavy (non-hydrogen) atoms. The summed E-state index contributed by atoms with van der Waals surface area (Å²) in [5.74, 6) is -0.375. The minimum Gasteiger partial charge on any atom is -0.341 e. The first-order valence-corrected chi connectivity index (χ1v) is 13.3. The fourth-order valence-corrected chi connectivity index (χ4v) is 5.66. The topological polar surface area (TPSA) is 77.7 Å². The van der Waals surface area contributed by atoms with Gasteiger partial charge in [-0.15, -0.1) is 0 Å². The van der Waals surface area contributed by atoms with Gasteiger partial charge in [0, 0.05) is 58.4 Å². The van der Waals surface area contributed by atoms with Gasteiger partial charge in [-0.1, -0.05) is 61.2 Å². The van der Waals surface area contributed by atoms with E-state index in [1.54, 1.807) is 0 Å². The molecule has 1 aromatic heterocycles. The van der Waals surface area contributed by atoms with Crippen LogP contribution in [0.25, 0.3) is 21.8 Å². The van der Waals surface area contributed by atoms with Gasteiger partial charge in [0.25, 0.3) is 0 Å². The predicted molar refractivity (Wildman–Crippen MR) is 150 cm³/mol. The number of Topliss-reactive ketones (excluding diaryl/α,β-unsaturated/α-hetero) is 1. The first-order chi connectivity index (χ1) is 18.4. The standard InChI is InChI=1S/C32H32N2O4/c1-4-34-28-15-13-23(31(33-38-21(3)35)30(36)17-22-10-6-7-11-22)18-26(28)27-19-24(14-16-29(27)34)32(37)25-12-8-5-9-20(25)2/h5,8-9,12-16,18-19,22H,4,6-7,10-11,17H2,1-3H3. The highest BCUT2D eigenvalue weighted by atomic mass is 16.7. The molecular formula is C32H32N2O4.